The zero-order valence-corrected chi connectivity index (χ0v) is 12.4. The summed E-state index contributed by atoms with van der Waals surface area (Å²) in [5.41, 5.74) is 3.13. The van der Waals surface area contributed by atoms with Crippen LogP contribution in [0.5, 0.6) is 0 Å². The van der Waals surface area contributed by atoms with Gasteiger partial charge in [0.25, 0.3) is 0 Å². The van der Waals surface area contributed by atoms with Gasteiger partial charge in [0.1, 0.15) is 0 Å². The van der Waals surface area contributed by atoms with Crippen molar-refractivity contribution < 1.29 is 9.53 Å². The predicted octanol–water partition coefficient (Wildman–Crippen LogP) is 2.80. The van der Waals surface area contributed by atoms with Crippen LogP contribution in [0.3, 0.4) is 0 Å². The number of ether oxygens (including phenoxy) is 1. The monoisotopic (exact) mass is 296 g/mol. The summed E-state index contributed by atoms with van der Waals surface area (Å²) < 4.78 is 6.57. The molecule has 2 aromatic carbocycles. The number of aromatic nitrogens is 2. The standard InChI is InChI=1S/C17H16N2O3/c1-3-22-16(20)12-6-4-5-7-14(12)19-15-9-8-11(2)10-13(15)18-17(19)21/h4-10H,3H2,1-2H3,(H,18,21). The summed E-state index contributed by atoms with van der Waals surface area (Å²) in [4.78, 5) is 27.3. The normalized spacial score (nSPS) is 10.8. The van der Waals surface area contributed by atoms with Crippen molar-refractivity contribution in [2.45, 2.75) is 13.8 Å². The number of nitrogens with zero attached hydrogens (tertiary/aromatic N) is 1. The number of imidazole rings is 1. The third-order valence-electron chi connectivity index (χ3n) is 3.48. The number of nitrogens with one attached hydrogen (secondary N) is 1. The van der Waals surface area contributed by atoms with Crippen LogP contribution in [0.2, 0.25) is 0 Å². The van der Waals surface area contributed by atoms with Gasteiger partial charge in [0, 0.05) is 0 Å². The number of hydrogen-bond donors (Lipinski definition) is 1. The fourth-order valence-electron chi connectivity index (χ4n) is 2.51. The lowest BCUT2D eigenvalue weighted by Gasteiger charge is -2.09. The molecule has 112 valence electrons. The van der Waals surface area contributed by atoms with Crippen LogP contribution in [0.4, 0.5) is 0 Å². The molecule has 0 aliphatic heterocycles. The lowest BCUT2D eigenvalue weighted by Crippen LogP contribution is -2.18. The van der Waals surface area contributed by atoms with Crippen molar-refractivity contribution in [2.75, 3.05) is 6.61 Å². The molecule has 1 N–H and O–H groups in total. The third-order valence-corrected chi connectivity index (χ3v) is 3.48. The molecule has 3 rings (SSSR count). The summed E-state index contributed by atoms with van der Waals surface area (Å²) in [6.07, 6.45) is 0. The minimum Gasteiger partial charge on any atom is -0.462 e. The number of hydrogen-bond acceptors (Lipinski definition) is 3. The van der Waals surface area contributed by atoms with E-state index in [2.05, 4.69) is 4.98 Å². The second-order valence-corrected chi connectivity index (χ2v) is 5.02. The van der Waals surface area contributed by atoms with E-state index in [9.17, 15) is 9.59 Å². The number of fused-ring (bicyclic) bond motifs is 1. The average Bonchev–Trinajstić information content (AvgIpc) is 2.82. The summed E-state index contributed by atoms with van der Waals surface area (Å²) in [6, 6.07) is 12.6. The highest BCUT2D eigenvalue weighted by Gasteiger charge is 2.17. The van der Waals surface area contributed by atoms with Crippen LogP contribution in [0, 0.1) is 6.92 Å². The van der Waals surface area contributed by atoms with E-state index in [0.29, 0.717) is 11.3 Å². The van der Waals surface area contributed by atoms with Gasteiger partial charge in [-0.2, -0.15) is 0 Å². The topological polar surface area (TPSA) is 64.1 Å². The van der Waals surface area contributed by atoms with E-state index >= 15 is 0 Å². The fourth-order valence-corrected chi connectivity index (χ4v) is 2.51. The maximum atomic E-state index is 12.3. The Kier molecular flexibility index (Phi) is 3.55. The number of benzene rings is 2. The molecular weight excluding hydrogens is 280 g/mol. The molecule has 0 bridgehead atoms. The number of para-hydroxylation sites is 1. The van der Waals surface area contributed by atoms with Crippen LogP contribution < -0.4 is 5.69 Å². The second kappa shape index (κ2) is 5.52. The molecular formula is C17H16N2O3. The molecule has 0 atom stereocenters. The van der Waals surface area contributed by atoms with E-state index in [1.54, 1.807) is 31.2 Å². The van der Waals surface area contributed by atoms with Gasteiger partial charge in [-0.3, -0.25) is 4.57 Å². The van der Waals surface area contributed by atoms with Crippen LogP contribution >= 0.6 is 0 Å². The highest BCUT2D eigenvalue weighted by atomic mass is 16.5. The van der Waals surface area contributed by atoms with Crippen molar-refractivity contribution in [1.29, 1.82) is 0 Å². The minimum absolute atomic E-state index is 0.280. The van der Waals surface area contributed by atoms with Crippen molar-refractivity contribution in [3.63, 3.8) is 0 Å². The number of aryl methyl sites for hydroxylation is 1. The minimum atomic E-state index is -0.438. The Morgan fingerprint density at radius 2 is 2.00 bits per heavy atom. The number of carbonyl (C=O) groups excluding carboxylic acids is 1. The Morgan fingerprint density at radius 1 is 1.23 bits per heavy atom. The summed E-state index contributed by atoms with van der Waals surface area (Å²) in [5.74, 6) is -0.438. The van der Waals surface area contributed by atoms with Gasteiger partial charge in [0.15, 0.2) is 0 Å². The molecule has 0 amide bonds. The maximum absolute atomic E-state index is 12.3. The molecule has 0 radical (unpaired) electrons. The Bertz CT molecular complexity index is 906. The molecule has 5 heteroatoms. The van der Waals surface area contributed by atoms with Crippen LogP contribution in [0.1, 0.15) is 22.8 Å². The number of rotatable bonds is 3. The van der Waals surface area contributed by atoms with Crippen molar-refractivity contribution in [2.24, 2.45) is 0 Å². The largest absolute Gasteiger partial charge is 0.462 e. The van der Waals surface area contributed by atoms with Gasteiger partial charge in [-0.25, -0.2) is 9.59 Å². The van der Waals surface area contributed by atoms with E-state index < -0.39 is 5.97 Å². The predicted molar refractivity (Wildman–Crippen MR) is 84.6 cm³/mol. The molecule has 1 aromatic heterocycles. The highest BCUT2D eigenvalue weighted by molar-refractivity contribution is 5.94. The van der Waals surface area contributed by atoms with Crippen molar-refractivity contribution in [3.05, 3.63) is 64.1 Å². The Balaban J connectivity index is 2.27. The zero-order chi connectivity index (χ0) is 15.7. The SMILES string of the molecule is CCOC(=O)c1ccccc1-n1c(=O)[nH]c2cc(C)ccc21. The Hall–Kier alpha value is -2.82. The lowest BCUT2D eigenvalue weighted by atomic mass is 10.1. The first kappa shape index (κ1) is 14.1. The second-order valence-electron chi connectivity index (χ2n) is 5.02. The average molecular weight is 296 g/mol. The fraction of sp³-hybridized carbons (Fsp3) is 0.176. The van der Waals surface area contributed by atoms with Gasteiger partial charge in [-0.05, 0) is 43.7 Å². The van der Waals surface area contributed by atoms with Gasteiger partial charge in [0.05, 0.1) is 28.9 Å². The van der Waals surface area contributed by atoms with Crippen LogP contribution in [-0.4, -0.2) is 22.1 Å². The van der Waals surface area contributed by atoms with Crippen LogP contribution in [0.25, 0.3) is 16.7 Å². The molecule has 0 spiro atoms. The van der Waals surface area contributed by atoms with Gasteiger partial charge in [-0.15, -0.1) is 0 Å². The maximum Gasteiger partial charge on any atom is 0.340 e. The number of carbonyl (C=O) groups is 1. The van der Waals surface area contributed by atoms with Crippen molar-refractivity contribution in [3.8, 4) is 5.69 Å². The highest BCUT2D eigenvalue weighted by Crippen LogP contribution is 2.20. The third kappa shape index (κ3) is 2.30. The first-order chi connectivity index (χ1) is 10.6. The number of H-pyrrole nitrogens is 1. The molecule has 5 nitrogen and oxygen atoms in total. The molecule has 3 aromatic rings. The van der Waals surface area contributed by atoms with E-state index in [1.165, 1.54) is 4.57 Å². The molecule has 22 heavy (non-hydrogen) atoms. The summed E-state index contributed by atoms with van der Waals surface area (Å²) in [7, 11) is 0. The molecule has 0 saturated heterocycles. The van der Waals surface area contributed by atoms with Crippen molar-refractivity contribution >= 4 is 17.0 Å². The lowest BCUT2D eigenvalue weighted by molar-refractivity contribution is 0.0526. The quantitative estimate of drug-likeness (QED) is 0.756. The Labute approximate surface area is 127 Å². The zero-order valence-electron chi connectivity index (χ0n) is 12.4. The summed E-state index contributed by atoms with van der Waals surface area (Å²) >= 11 is 0. The first-order valence-electron chi connectivity index (χ1n) is 7.09. The summed E-state index contributed by atoms with van der Waals surface area (Å²) in [6.45, 7) is 4.00. The van der Waals surface area contributed by atoms with Gasteiger partial charge >= 0.3 is 11.7 Å². The van der Waals surface area contributed by atoms with Crippen LogP contribution in [0.15, 0.2) is 47.3 Å². The molecule has 0 unspecified atom stereocenters. The van der Waals surface area contributed by atoms with Gasteiger partial charge in [0.2, 0.25) is 0 Å². The Morgan fingerprint density at radius 3 is 2.77 bits per heavy atom. The van der Waals surface area contributed by atoms with Crippen molar-refractivity contribution in [1.82, 2.24) is 9.55 Å². The molecule has 1 heterocycles. The molecule has 0 saturated carbocycles. The van der Waals surface area contributed by atoms with Gasteiger partial charge < -0.3 is 9.72 Å². The van der Waals surface area contributed by atoms with E-state index in [0.717, 1.165) is 16.6 Å². The van der Waals surface area contributed by atoms with Crippen LogP contribution in [-0.2, 0) is 4.74 Å². The molecule has 0 aliphatic carbocycles. The van der Waals surface area contributed by atoms with Gasteiger partial charge in [-0.1, -0.05) is 18.2 Å². The molecule has 0 aliphatic rings. The first-order valence-corrected chi connectivity index (χ1v) is 7.09. The summed E-state index contributed by atoms with van der Waals surface area (Å²) in [5, 5.41) is 0. The number of esters is 1. The van der Waals surface area contributed by atoms with E-state index in [1.807, 2.05) is 25.1 Å². The molecule has 0 fully saturated rings. The van der Waals surface area contributed by atoms with E-state index in [4.69, 9.17) is 4.74 Å². The number of aromatic amines is 1. The van der Waals surface area contributed by atoms with E-state index in [-0.39, 0.29) is 12.3 Å². The smallest absolute Gasteiger partial charge is 0.340 e.